The van der Waals surface area contributed by atoms with E-state index in [1.54, 1.807) is 0 Å². The molecule has 0 fully saturated rings. The van der Waals surface area contributed by atoms with Gasteiger partial charge in [-0.15, -0.1) is 0 Å². The number of aliphatic hydroxyl groups is 1. The Bertz CT molecular complexity index is 521. The van der Waals surface area contributed by atoms with Crippen LogP contribution in [0.25, 0.3) is 10.9 Å². The van der Waals surface area contributed by atoms with Gasteiger partial charge in [-0.2, -0.15) is 5.10 Å². The smallest absolute Gasteiger partial charge is 0.0841 e. The molecule has 2 N–H and O–H groups in total. The highest BCUT2D eigenvalue weighted by molar-refractivity contribution is 5.81. The van der Waals surface area contributed by atoms with Crippen molar-refractivity contribution < 1.29 is 5.11 Å². The molecule has 18 heavy (non-hydrogen) atoms. The number of para-hydroxylation sites is 1. The van der Waals surface area contributed by atoms with Gasteiger partial charge in [-0.3, -0.25) is 4.68 Å². The highest BCUT2D eigenvalue weighted by Crippen LogP contribution is 2.17. The lowest BCUT2D eigenvalue weighted by molar-refractivity contribution is 0.207. The van der Waals surface area contributed by atoms with Gasteiger partial charge >= 0.3 is 0 Å². The Kier molecular flexibility index (Phi) is 3.99. The summed E-state index contributed by atoms with van der Waals surface area (Å²) in [6, 6.07) is 8.51. The van der Waals surface area contributed by atoms with Crippen molar-refractivity contribution in [3.63, 3.8) is 0 Å². The van der Waals surface area contributed by atoms with Crippen molar-refractivity contribution in [3.8, 4) is 0 Å². The van der Waals surface area contributed by atoms with Crippen LogP contribution in [0.3, 0.4) is 0 Å². The molecular formula is C14H21N3O. The van der Waals surface area contributed by atoms with E-state index in [4.69, 9.17) is 5.11 Å². The number of fused-ring (bicyclic) bond motifs is 1. The van der Waals surface area contributed by atoms with Crippen LogP contribution < -0.4 is 5.32 Å². The SMILES string of the molecule is CC(CO)C(C)NCc1nn(C)c2ccccc12. The summed E-state index contributed by atoms with van der Waals surface area (Å²) in [5, 5.41) is 18.3. The summed E-state index contributed by atoms with van der Waals surface area (Å²) in [6.07, 6.45) is 0. The molecule has 98 valence electrons. The summed E-state index contributed by atoms with van der Waals surface area (Å²) in [5.74, 6) is 0.250. The number of hydrogen-bond acceptors (Lipinski definition) is 3. The van der Waals surface area contributed by atoms with Gasteiger partial charge in [-0.05, 0) is 18.9 Å². The van der Waals surface area contributed by atoms with Crippen LogP contribution in [0.1, 0.15) is 19.5 Å². The van der Waals surface area contributed by atoms with E-state index in [-0.39, 0.29) is 18.6 Å². The van der Waals surface area contributed by atoms with Crippen LogP contribution in [0.5, 0.6) is 0 Å². The number of rotatable bonds is 5. The predicted molar refractivity (Wildman–Crippen MR) is 73.3 cm³/mol. The third-order valence-electron chi connectivity index (χ3n) is 3.57. The van der Waals surface area contributed by atoms with E-state index in [1.807, 2.05) is 30.8 Å². The van der Waals surface area contributed by atoms with E-state index in [2.05, 4.69) is 29.5 Å². The number of aliphatic hydroxyl groups excluding tert-OH is 1. The Morgan fingerprint density at radius 3 is 2.78 bits per heavy atom. The van der Waals surface area contributed by atoms with Gasteiger partial charge < -0.3 is 10.4 Å². The Labute approximate surface area is 108 Å². The average molecular weight is 247 g/mol. The molecule has 0 saturated heterocycles. The van der Waals surface area contributed by atoms with Crippen molar-refractivity contribution in [1.29, 1.82) is 0 Å². The number of aromatic nitrogens is 2. The molecule has 1 heterocycles. The van der Waals surface area contributed by atoms with Crippen molar-refractivity contribution in [3.05, 3.63) is 30.0 Å². The quantitative estimate of drug-likeness (QED) is 0.845. The second-order valence-corrected chi connectivity index (χ2v) is 4.92. The van der Waals surface area contributed by atoms with Gasteiger partial charge in [0, 0.05) is 31.6 Å². The van der Waals surface area contributed by atoms with E-state index in [0.717, 1.165) is 17.8 Å². The molecule has 0 aliphatic heterocycles. The lowest BCUT2D eigenvalue weighted by Crippen LogP contribution is -2.33. The molecule has 0 bridgehead atoms. The van der Waals surface area contributed by atoms with Gasteiger partial charge in [0.05, 0.1) is 11.2 Å². The van der Waals surface area contributed by atoms with Gasteiger partial charge in [-0.25, -0.2) is 0 Å². The maximum Gasteiger partial charge on any atom is 0.0841 e. The lowest BCUT2D eigenvalue weighted by atomic mass is 10.1. The highest BCUT2D eigenvalue weighted by Gasteiger charge is 2.12. The van der Waals surface area contributed by atoms with Crippen LogP contribution in [-0.4, -0.2) is 27.5 Å². The molecule has 2 rings (SSSR count). The van der Waals surface area contributed by atoms with Gasteiger partial charge in [0.1, 0.15) is 0 Å². The second kappa shape index (κ2) is 5.50. The molecule has 4 nitrogen and oxygen atoms in total. The average Bonchev–Trinajstić information content (AvgIpc) is 2.72. The number of nitrogens with one attached hydrogen (secondary N) is 1. The summed E-state index contributed by atoms with van der Waals surface area (Å²) in [5.41, 5.74) is 2.21. The van der Waals surface area contributed by atoms with Crippen LogP contribution in [0.2, 0.25) is 0 Å². The third-order valence-corrected chi connectivity index (χ3v) is 3.57. The molecule has 0 radical (unpaired) electrons. The van der Waals surface area contributed by atoms with Crippen LogP contribution in [0.4, 0.5) is 0 Å². The van der Waals surface area contributed by atoms with Crippen molar-refractivity contribution in [2.24, 2.45) is 13.0 Å². The van der Waals surface area contributed by atoms with Crippen LogP contribution in [0.15, 0.2) is 24.3 Å². The van der Waals surface area contributed by atoms with Gasteiger partial charge in [-0.1, -0.05) is 25.1 Å². The highest BCUT2D eigenvalue weighted by atomic mass is 16.3. The van der Waals surface area contributed by atoms with E-state index < -0.39 is 0 Å². The lowest BCUT2D eigenvalue weighted by Gasteiger charge is -2.18. The van der Waals surface area contributed by atoms with Crippen LogP contribution in [-0.2, 0) is 13.6 Å². The monoisotopic (exact) mass is 247 g/mol. The summed E-state index contributed by atoms with van der Waals surface area (Å²) in [4.78, 5) is 0. The molecule has 0 aliphatic rings. The third kappa shape index (κ3) is 2.54. The molecule has 1 aromatic carbocycles. The number of hydrogen-bond donors (Lipinski definition) is 2. The normalized spacial score (nSPS) is 14.9. The number of aryl methyl sites for hydroxylation is 1. The van der Waals surface area contributed by atoms with E-state index in [1.165, 1.54) is 5.39 Å². The van der Waals surface area contributed by atoms with Gasteiger partial charge in [0.25, 0.3) is 0 Å². The molecule has 2 unspecified atom stereocenters. The van der Waals surface area contributed by atoms with Crippen molar-refractivity contribution >= 4 is 10.9 Å². The summed E-state index contributed by atoms with van der Waals surface area (Å²) >= 11 is 0. The zero-order chi connectivity index (χ0) is 13.1. The van der Waals surface area contributed by atoms with E-state index in [9.17, 15) is 0 Å². The first kappa shape index (κ1) is 13.1. The van der Waals surface area contributed by atoms with Crippen LogP contribution in [0, 0.1) is 5.92 Å². The van der Waals surface area contributed by atoms with Crippen molar-refractivity contribution in [1.82, 2.24) is 15.1 Å². The molecule has 0 amide bonds. The predicted octanol–water partition coefficient (Wildman–Crippen LogP) is 1.68. The molecule has 1 aromatic heterocycles. The largest absolute Gasteiger partial charge is 0.396 e. The minimum absolute atomic E-state index is 0.205. The molecule has 2 aromatic rings. The number of nitrogens with zero attached hydrogens (tertiary/aromatic N) is 2. The van der Waals surface area contributed by atoms with Gasteiger partial charge in [0.2, 0.25) is 0 Å². The topological polar surface area (TPSA) is 50.1 Å². The molecule has 4 heteroatoms. The number of benzene rings is 1. The Hall–Kier alpha value is -1.39. The Morgan fingerprint density at radius 1 is 1.33 bits per heavy atom. The zero-order valence-electron chi connectivity index (χ0n) is 11.2. The molecule has 0 saturated carbocycles. The summed E-state index contributed by atoms with van der Waals surface area (Å²) in [7, 11) is 1.96. The first-order valence-corrected chi connectivity index (χ1v) is 6.38. The maximum absolute atomic E-state index is 9.12. The first-order chi connectivity index (χ1) is 8.63. The standard InChI is InChI=1S/C14H21N3O/c1-10(9-18)11(2)15-8-13-12-6-4-5-7-14(12)17(3)16-13/h4-7,10-11,15,18H,8-9H2,1-3H3. The van der Waals surface area contributed by atoms with Crippen LogP contribution >= 0.6 is 0 Å². The molecule has 0 aliphatic carbocycles. The zero-order valence-corrected chi connectivity index (χ0v) is 11.2. The molecular weight excluding hydrogens is 226 g/mol. The summed E-state index contributed by atoms with van der Waals surface area (Å²) < 4.78 is 1.91. The second-order valence-electron chi connectivity index (χ2n) is 4.92. The Morgan fingerprint density at radius 2 is 2.06 bits per heavy atom. The van der Waals surface area contributed by atoms with E-state index in [0.29, 0.717) is 0 Å². The maximum atomic E-state index is 9.12. The van der Waals surface area contributed by atoms with E-state index >= 15 is 0 Å². The fourth-order valence-corrected chi connectivity index (χ4v) is 2.04. The minimum Gasteiger partial charge on any atom is -0.396 e. The molecule has 0 spiro atoms. The van der Waals surface area contributed by atoms with Crippen molar-refractivity contribution in [2.75, 3.05) is 6.61 Å². The Balaban J connectivity index is 2.13. The van der Waals surface area contributed by atoms with Crippen molar-refractivity contribution in [2.45, 2.75) is 26.4 Å². The fourth-order valence-electron chi connectivity index (χ4n) is 2.04. The minimum atomic E-state index is 0.205. The van der Waals surface area contributed by atoms with Gasteiger partial charge in [0.15, 0.2) is 0 Å². The summed E-state index contributed by atoms with van der Waals surface area (Å²) in [6.45, 7) is 5.06. The first-order valence-electron chi connectivity index (χ1n) is 6.38. The fraction of sp³-hybridized carbons (Fsp3) is 0.500. The molecule has 2 atom stereocenters.